The van der Waals surface area contributed by atoms with E-state index in [9.17, 15) is 13.5 Å². The van der Waals surface area contributed by atoms with Gasteiger partial charge in [0.15, 0.2) is 0 Å². The van der Waals surface area contributed by atoms with Crippen LogP contribution in [0.25, 0.3) is 21.7 Å². The minimum Gasteiger partial charge on any atom is -0.385 e. The van der Waals surface area contributed by atoms with Crippen LogP contribution in [0.15, 0.2) is 65.8 Å². The van der Waals surface area contributed by atoms with Crippen LogP contribution in [-0.4, -0.2) is 47.8 Å². The van der Waals surface area contributed by atoms with Crippen LogP contribution in [0.5, 0.6) is 0 Å². The SMILES string of the molecule is C[C@H](CNCC(O)c1n[nH]c2ccccc12)NS(=O)(=O)c1ccc2cnccc2c1.Cl. The summed E-state index contributed by atoms with van der Waals surface area (Å²) in [7, 11) is -3.66. The van der Waals surface area contributed by atoms with E-state index in [1.54, 1.807) is 43.6 Å². The van der Waals surface area contributed by atoms with Crippen LogP contribution in [0, 0.1) is 0 Å². The summed E-state index contributed by atoms with van der Waals surface area (Å²) >= 11 is 0. The third-order valence-corrected chi connectivity index (χ3v) is 6.47. The maximum Gasteiger partial charge on any atom is 0.240 e. The molecule has 0 amide bonds. The molecule has 0 aliphatic heterocycles. The fraction of sp³-hybridized carbons (Fsp3) is 0.238. The fourth-order valence-electron chi connectivity index (χ4n) is 3.38. The number of halogens is 1. The number of benzene rings is 2. The van der Waals surface area contributed by atoms with E-state index in [4.69, 9.17) is 0 Å². The van der Waals surface area contributed by atoms with Gasteiger partial charge in [-0.25, -0.2) is 13.1 Å². The first-order valence-electron chi connectivity index (χ1n) is 9.62. The molecule has 0 radical (unpaired) electrons. The lowest BCUT2D eigenvalue weighted by molar-refractivity contribution is 0.171. The van der Waals surface area contributed by atoms with Crippen LogP contribution < -0.4 is 10.0 Å². The number of H-pyrrole nitrogens is 1. The topological polar surface area (TPSA) is 120 Å². The first-order valence-corrected chi connectivity index (χ1v) is 11.1. The van der Waals surface area contributed by atoms with Crippen molar-refractivity contribution in [2.45, 2.75) is 24.0 Å². The third kappa shape index (κ3) is 5.20. The minimum absolute atomic E-state index is 0. The Labute approximate surface area is 186 Å². The summed E-state index contributed by atoms with van der Waals surface area (Å²) in [5, 5.41) is 23.2. The molecule has 10 heteroatoms. The van der Waals surface area contributed by atoms with Crippen LogP contribution in [0.3, 0.4) is 0 Å². The number of fused-ring (bicyclic) bond motifs is 2. The number of hydrogen-bond donors (Lipinski definition) is 4. The summed E-state index contributed by atoms with van der Waals surface area (Å²) in [6, 6.07) is 13.9. The maximum atomic E-state index is 12.7. The number of aromatic nitrogens is 3. The summed E-state index contributed by atoms with van der Waals surface area (Å²) in [5.41, 5.74) is 1.43. The molecule has 4 N–H and O–H groups in total. The van der Waals surface area contributed by atoms with Crippen LogP contribution in [0.2, 0.25) is 0 Å². The van der Waals surface area contributed by atoms with E-state index in [0.717, 1.165) is 21.7 Å². The van der Waals surface area contributed by atoms with E-state index in [1.165, 1.54) is 0 Å². The molecule has 1 unspecified atom stereocenters. The maximum absolute atomic E-state index is 12.7. The second-order valence-electron chi connectivity index (χ2n) is 7.24. The Kier molecular flexibility index (Phi) is 7.24. The summed E-state index contributed by atoms with van der Waals surface area (Å²) in [6.07, 6.45) is 2.52. The number of nitrogens with zero attached hydrogens (tertiary/aromatic N) is 2. The van der Waals surface area contributed by atoms with Gasteiger partial charge in [-0.05, 0) is 36.6 Å². The second-order valence-corrected chi connectivity index (χ2v) is 8.95. The van der Waals surface area contributed by atoms with Crippen LogP contribution in [0.4, 0.5) is 0 Å². The van der Waals surface area contributed by atoms with E-state index in [0.29, 0.717) is 12.2 Å². The lowest BCUT2D eigenvalue weighted by Gasteiger charge is -2.17. The van der Waals surface area contributed by atoms with E-state index >= 15 is 0 Å². The number of sulfonamides is 1. The summed E-state index contributed by atoms with van der Waals surface area (Å²) in [5.74, 6) is 0. The molecule has 164 valence electrons. The van der Waals surface area contributed by atoms with Crippen LogP contribution >= 0.6 is 12.4 Å². The molecule has 0 fully saturated rings. The number of aromatic amines is 1. The molecule has 0 bridgehead atoms. The second kappa shape index (κ2) is 9.71. The lowest BCUT2D eigenvalue weighted by atomic mass is 10.1. The van der Waals surface area contributed by atoms with E-state index in [1.807, 2.05) is 24.3 Å². The highest BCUT2D eigenvalue weighted by Gasteiger charge is 2.19. The zero-order valence-corrected chi connectivity index (χ0v) is 18.5. The number of aliphatic hydroxyl groups excluding tert-OH is 1. The van der Waals surface area contributed by atoms with Crippen molar-refractivity contribution in [3.63, 3.8) is 0 Å². The number of nitrogens with one attached hydrogen (secondary N) is 3. The summed E-state index contributed by atoms with van der Waals surface area (Å²) in [4.78, 5) is 4.24. The monoisotopic (exact) mass is 461 g/mol. The molecule has 2 atom stereocenters. The number of pyridine rings is 1. The van der Waals surface area contributed by atoms with Crippen molar-refractivity contribution in [1.82, 2.24) is 25.2 Å². The fourth-order valence-corrected chi connectivity index (χ4v) is 4.65. The molecule has 4 aromatic rings. The summed E-state index contributed by atoms with van der Waals surface area (Å²) < 4.78 is 28.1. The molecule has 0 aliphatic rings. The predicted octanol–water partition coefficient (Wildman–Crippen LogP) is 2.52. The summed E-state index contributed by atoms with van der Waals surface area (Å²) in [6.45, 7) is 2.38. The van der Waals surface area contributed by atoms with Crippen molar-refractivity contribution < 1.29 is 13.5 Å². The molecule has 31 heavy (non-hydrogen) atoms. The molecule has 2 heterocycles. The molecule has 8 nitrogen and oxygen atoms in total. The third-order valence-electron chi connectivity index (χ3n) is 4.88. The number of hydrogen-bond acceptors (Lipinski definition) is 6. The minimum atomic E-state index is -3.66. The Hall–Kier alpha value is -2.56. The van der Waals surface area contributed by atoms with Gasteiger partial charge in [0.2, 0.25) is 10.0 Å². The Morgan fingerprint density at radius 1 is 1.10 bits per heavy atom. The highest BCUT2D eigenvalue weighted by molar-refractivity contribution is 7.89. The van der Waals surface area contributed by atoms with Gasteiger partial charge < -0.3 is 10.4 Å². The Balaban J connectivity index is 0.00000272. The lowest BCUT2D eigenvalue weighted by Crippen LogP contribution is -2.40. The smallest absolute Gasteiger partial charge is 0.240 e. The molecular formula is C21H24ClN5O3S. The van der Waals surface area contributed by atoms with Crippen molar-refractivity contribution >= 4 is 44.1 Å². The van der Waals surface area contributed by atoms with Gasteiger partial charge in [-0.15, -0.1) is 12.4 Å². The average Bonchev–Trinajstić information content (AvgIpc) is 3.17. The largest absolute Gasteiger partial charge is 0.385 e. The van der Waals surface area contributed by atoms with E-state index in [2.05, 4.69) is 25.2 Å². The first kappa shape index (κ1) is 23.1. The van der Waals surface area contributed by atoms with Gasteiger partial charge in [0, 0.05) is 42.3 Å². The van der Waals surface area contributed by atoms with Crippen LogP contribution in [0.1, 0.15) is 18.7 Å². The van der Waals surface area contributed by atoms with Crippen molar-refractivity contribution in [1.29, 1.82) is 0 Å². The van der Waals surface area contributed by atoms with Crippen LogP contribution in [-0.2, 0) is 10.0 Å². The van der Waals surface area contributed by atoms with Gasteiger partial charge in [0.1, 0.15) is 6.10 Å². The standard InChI is InChI=1S/C21H23N5O3S.ClH/c1-14(11-23-13-20(27)21-18-4-2-3-5-19(18)24-25-21)26-30(28,29)17-7-6-16-12-22-9-8-15(16)10-17;/h2-10,12,14,20,23,26-27H,11,13H2,1H3,(H,24,25);1H/t14-,20?;/m1./s1. The molecule has 0 spiro atoms. The Morgan fingerprint density at radius 3 is 2.74 bits per heavy atom. The van der Waals surface area contributed by atoms with Crippen molar-refractivity contribution in [3.05, 3.63) is 66.6 Å². The molecule has 4 rings (SSSR count). The average molecular weight is 462 g/mol. The van der Waals surface area contributed by atoms with Crippen molar-refractivity contribution in [3.8, 4) is 0 Å². The van der Waals surface area contributed by atoms with E-state index in [-0.39, 0.29) is 29.9 Å². The molecule has 0 saturated carbocycles. The van der Waals surface area contributed by atoms with Gasteiger partial charge in [-0.1, -0.05) is 24.3 Å². The van der Waals surface area contributed by atoms with Crippen molar-refractivity contribution in [2.24, 2.45) is 0 Å². The zero-order chi connectivity index (χ0) is 21.1. The molecule has 0 saturated heterocycles. The van der Waals surface area contributed by atoms with Crippen molar-refractivity contribution in [2.75, 3.05) is 13.1 Å². The molecule has 0 aliphatic carbocycles. The first-order chi connectivity index (χ1) is 14.4. The predicted molar refractivity (Wildman–Crippen MR) is 123 cm³/mol. The Bertz CT molecular complexity index is 1280. The van der Waals surface area contributed by atoms with Gasteiger partial charge in [0.25, 0.3) is 0 Å². The molecule has 2 aromatic heterocycles. The highest BCUT2D eigenvalue weighted by atomic mass is 35.5. The zero-order valence-electron chi connectivity index (χ0n) is 16.8. The number of rotatable bonds is 8. The van der Waals surface area contributed by atoms with Gasteiger partial charge in [0.05, 0.1) is 16.1 Å². The molecular weight excluding hydrogens is 438 g/mol. The van der Waals surface area contributed by atoms with Gasteiger partial charge in [-0.3, -0.25) is 10.1 Å². The highest BCUT2D eigenvalue weighted by Crippen LogP contribution is 2.21. The van der Waals surface area contributed by atoms with E-state index < -0.39 is 16.1 Å². The normalized spacial score (nSPS) is 13.7. The number of aliphatic hydroxyl groups is 1. The van der Waals surface area contributed by atoms with Gasteiger partial charge in [-0.2, -0.15) is 5.10 Å². The molecule has 2 aromatic carbocycles. The number of para-hydroxylation sites is 1. The van der Waals surface area contributed by atoms with Gasteiger partial charge >= 0.3 is 0 Å². The quantitative estimate of drug-likeness (QED) is 0.320. The Morgan fingerprint density at radius 2 is 1.90 bits per heavy atom.